The molecule has 0 bridgehead atoms. The van der Waals surface area contributed by atoms with Gasteiger partial charge in [0.2, 0.25) is 0 Å². The van der Waals surface area contributed by atoms with Gasteiger partial charge in [-0.25, -0.2) is 0 Å². The first-order chi connectivity index (χ1) is 5.23. The maximum atomic E-state index is 10.00. The van der Waals surface area contributed by atoms with Gasteiger partial charge in [0.25, 0.3) is 0 Å². The molecule has 0 spiro atoms. The van der Waals surface area contributed by atoms with Crippen molar-refractivity contribution in [2.75, 3.05) is 0 Å². The quantitative estimate of drug-likeness (QED) is 0.739. The van der Waals surface area contributed by atoms with Gasteiger partial charge in [0, 0.05) is 4.88 Å². The summed E-state index contributed by atoms with van der Waals surface area (Å²) in [5.74, 6) is 0. The summed E-state index contributed by atoms with van der Waals surface area (Å²) in [6.45, 7) is 4.03. The summed E-state index contributed by atoms with van der Waals surface area (Å²) in [7, 11) is 0. The van der Waals surface area contributed by atoms with Gasteiger partial charge in [-0.05, 0) is 24.3 Å². The largest absolute Gasteiger partial charge is 0.384 e. The molecule has 0 amide bonds. The van der Waals surface area contributed by atoms with Crippen LogP contribution >= 0.6 is 11.3 Å². The van der Waals surface area contributed by atoms with Crippen LogP contribution in [0.15, 0.2) is 17.5 Å². The summed E-state index contributed by atoms with van der Waals surface area (Å²) >= 11 is 1.63. The molecule has 0 aromatic carbocycles. The van der Waals surface area contributed by atoms with Crippen molar-refractivity contribution in [2.24, 2.45) is 0 Å². The molecular weight excluding hydrogens is 156 g/mol. The molecule has 0 saturated carbocycles. The van der Waals surface area contributed by atoms with Crippen LogP contribution in [0.2, 0.25) is 0 Å². The predicted molar refractivity (Wildman–Crippen MR) is 48.8 cm³/mol. The Balaban J connectivity index is 2.87. The lowest BCUT2D eigenvalue weighted by Crippen LogP contribution is -2.21. The molecule has 1 aromatic heterocycles. The molecule has 2 heteroatoms. The molecule has 1 aromatic rings. The summed E-state index contributed by atoms with van der Waals surface area (Å²) in [5, 5.41) is 12.0. The monoisotopic (exact) mass is 170 g/mol. The van der Waals surface area contributed by atoms with E-state index in [-0.39, 0.29) is 0 Å². The Labute approximate surface area is 71.7 Å². The highest BCUT2D eigenvalue weighted by Crippen LogP contribution is 2.31. The SMILES string of the molecule is CCC(O)(CC)c1cccs1. The van der Waals surface area contributed by atoms with Crippen LogP contribution in [0.25, 0.3) is 0 Å². The van der Waals surface area contributed by atoms with E-state index in [0.717, 1.165) is 17.7 Å². The number of hydrogen-bond donors (Lipinski definition) is 1. The van der Waals surface area contributed by atoms with Gasteiger partial charge in [-0.3, -0.25) is 0 Å². The van der Waals surface area contributed by atoms with Crippen molar-refractivity contribution in [3.05, 3.63) is 22.4 Å². The van der Waals surface area contributed by atoms with E-state index in [0.29, 0.717) is 0 Å². The Bertz CT molecular complexity index is 199. The Morgan fingerprint density at radius 2 is 2.09 bits per heavy atom. The fourth-order valence-electron chi connectivity index (χ4n) is 1.14. The lowest BCUT2D eigenvalue weighted by Gasteiger charge is -2.23. The average molecular weight is 170 g/mol. The minimum Gasteiger partial charge on any atom is -0.384 e. The molecule has 0 aliphatic rings. The highest BCUT2D eigenvalue weighted by Gasteiger charge is 2.25. The number of rotatable bonds is 3. The Morgan fingerprint density at radius 3 is 2.45 bits per heavy atom. The molecule has 0 aliphatic heterocycles. The summed E-state index contributed by atoms with van der Waals surface area (Å²) in [6.07, 6.45) is 1.59. The molecule has 1 heterocycles. The van der Waals surface area contributed by atoms with Gasteiger partial charge in [-0.1, -0.05) is 19.9 Å². The van der Waals surface area contributed by atoms with E-state index in [1.54, 1.807) is 11.3 Å². The minimum atomic E-state index is -0.575. The van der Waals surface area contributed by atoms with Crippen molar-refractivity contribution < 1.29 is 5.11 Å². The molecular formula is C9H14OS. The second-order valence-electron chi connectivity index (χ2n) is 2.72. The van der Waals surface area contributed by atoms with Crippen LogP contribution in [0.1, 0.15) is 31.6 Å². The molecule has 0 fully saturated rings. The number of aliphatic hydroxyl groups is 1. The van der Waals surface area contributed by atoms with Crippen molar-refractivity contribution in [1.29, 1.82) is 0 Å². The van der Waals surface area contributed by atoms with E-state index in [9.17, 15) is 5.11 Å². The van der Waals surface area contributed by atoms with Crippen molar-refractivity contribution in [3.63, 3.8) is 0 Å². The van der Waals surface area contributed by atoms with E-state index >= 15 is 0 Å². The normalized spacial score (nSPS) is 11.9. The zero-order valence-electron chi connectivity index (χ0n) is 7.00. The summed E-state index contributed by atoms with van der Waals surface area (Å²) in [4.78, 5) is 1.09. The fraction of sp³-hybridized carbons (Fsp3) is 0.556. The highest BCUT2D eigenvalue weighted by atomic mass is 32.1. The zero-order chi connectivity index (χ0) is 8.32. The molecule has 62 valence electrons. The molecule has 0 saturated heterocycles. The van der Waals surface area contributed by atoms with Crippen LogP contribution in [0, 0.1) is 0 Å². The van der Waals surface area contributed by atoms with Crippen LogP contribution in [0.4, 0.5) is 0 Å². The molecule has 1 N–H and O–H groups in total. The van der Waals surface area contributed by atoms with Crippen molar-refractivity contribution in [2.45, 2.75) is 32.3 Å². The topological polar surface area (TPSA) is 20.2 Å². The standard InChI is InChI=1S/C9H14OS/c1-3-9(10,4-2)8-6-5-7-11-8/h5-7,10H,3-4H2,1-2H3. The summed E-state index contributed by atoms with van der Waals surface area (Å²) < 4.78 is 0. The van der Waals surface area contributed by atoms with Crippen molar-refractivity contribution in [3.8, 4) is 0 Å². The first-order valence-corrected chi connectivity index (χ1v) is 4.87. The Kier molecular flexibility index (Phi) is 2.68. The van der Waals surface area contributed by atoms with Crippen LogP contribution in [0.5, 0.6) is 0 Å². The first kappa shape index (κ1) is 8.75. The first-order valence-electron chi connectivity index (χ1n) is 3.99. The van der Waals surface area contributed by atoms with Gasteiger partial charge in [0.15, 0.2) is 0 Å². The van der Waals surface area contributed by atoms with Crippen LogP contribution in [0.3, 0.4) is 0 Å². The van der Waals surface area contributed by atoms with Crippen LogP contribution in [-0.2, 0) is 5.60 Å². The van der Waals surface area contributed by atoms with E-state index in [1.807, 2.05) is 31.4 Å². The summed E-state index contributed by atoms with van der Waals surface area (Å²) in [6, 6.07) is 3.98. The van der Waals surface area contributed by atoms with Crippen LogP contribution in [-0.4, -0.2) is 5.11 Å². The third kappa shape index (κ3) is 1.63. The molecule has 11 heavy (non-hydrogen) atoms. The fourth-order valence-corrected chi connectivity index (χ4v) is 2.11. The lowest BCUT2D eigenvalue weighted by molar-refractivity contribution is 0.0321. The van der Waals surface area contributed by atoms with Crippen LogP contribution < -0.4 is 0 Å². The molecule has 0 atom stereocenters. The van der Waals surface area contributed by atoms with Gasteiger partial charge in [-0.15, -0.1) is 11.3 Å². The van der Waals surface area contributed by atoms with E-state index in [2.05, 4.69) is 0 Å². The molecule has 0 unspecified atom stereocenters. The average Bonchev–Trinajstić information content (AvgIpc) is 2.55. The van der Waals surface area contributed by atoms with Gasteiger partial charge < -0.3 is 5.11 Å². The third-order valence-electron chi connectivity index (χ3n) is 2.15. The van der Waals surface area contributed by atoms with Gasteiger partial charge in [0.1, 0.15) is 0 Å². The maximum Gasteiger partial charge on any atom is 0.0982 e. The second kappa shape index (κ2) is 3.37. The predicted octanol–water partition coefficient (Wildman–Crippen LogP) is 2.76. The van der Waals surface area contributed by atoms with E-state index < -0.39 is 5.60 Å². The van der Waals surface area contributed by atoms with E-state index in [1.165, 1.54) is 0 Å². The van der Waals surface area contributed by atoms with Gasteiger partial charge in [-0.2, -0.15) is 0 Å². The van der Waals surface area contributed by atoms with Gasteiger partial charge in [0.05, 0.1) is 5.60 Å². The molecule has 1 nitrogen and oxygen atoms in total. The number of thiophene rings is 1. The van der Waals surface area contributed by atoms with Gasteiger partial charge >= 0.3 is 0 Å². The van der Waals surface area contributed by atoms with Crippen molar-refractivity contribution in [1.82, 2.24) is 0 Å². The maximum absolute atomic E-state index is 10.00. The Hall–Kier alpha value is -0.340. The zero-order valence-corrected chi connectivity index (χ0v) is 7.82. The lowest BCUT2D eigenvalue weighted by atomic mass is 9.96. The summed E-state index contributed by atoms with van der Waals surface area (Å²) in [5.41, 5.74) is -0.575. The second-order valence-corrected chi connectivity index (χ2v) is 3.66. The molecule has 0 aliphatic carbocycles. The highest BCUT2D eigenvalue weighted by molar-refractivity contribution is 7.10. The third-order valence-corrected chi connectivity index (χ3v) is 3.21. The smallest absolute Gasteiger partial charge is 0.0982 e. The molecule has 1 rings (SSSR count). The minimum absolute atomic E-state index is 0.575. The molecule has 0 radical (unpaired) electrons. The Morgan fingerprint density at radius 1 is 1.45 bits per heavy atom. The van der Waals surface area contributed by atoms with Crippen molar-refractivity contribution >= 4 is 11.3 Å². The van der Waals surface area contributed by atoms with E-state index in [4.69, 9.17) is 0 Å². The number of hydrogen-bond acceptors (Lipinski definition) is 2.